The molecular formula is C22H26F2N4O2. The quantitative estimate of drug-likeness (QED) is 0.413. The molecule has 0 saturated heterocycles. The molecule has 1 heterocycles. The average molecular weight is 416 g/mol. The number of hydrogen-bond donors (Lipinski definition) is 2. The number of carbonyl (C=O) groups is 1. The van der Waals surface area contributed by atoms with E-state index in [1.54, 1.807) is 11.8 Å². The molecule has 0 bridgehead atoms. The smallest absolute Gasteiger partial charge is 0.265 e. The first-order valence-corrected chi connectivity index (χ1v) is 10.0. The zero-order valence-electron chi connectivity index (χ0n) is 17.1. The van der Waals surface area contributed by atoms with Gasteiger partial charge in [0.2, 0.25) is 0 Å². The maximum absolute atomic E-state index is 14.0. The molecule has 0 fully saturated rings. The lowest BCUT2D eigenvalue weighted by Gasteiger charge is -2.29. The second-order valence-corrected chi connectivity index (χ2v) is 6.95. The molecule has 3 rings (SSSR count). The third kappa shape index (κ3) is 5.25. The summed E-state index contributed by atoms with van der Waals surface area (Å²) in [5.41, 5.74) is 1.13. The Hall–Kier alpha value is -3.16. The van der Waals surface area contributed by atoms with E-state index in [4.69, 9.17) is 4.74 Å². The molecule has 1 amide bonds. The summed E-state index contributed by atoms with van der Waals surface area (Å²) in [6.07, 6.45) is 0.649. The molecule has 2 N–H and O–H groups in total. The molecule has 1 aliphatic heterocycles. The summed E-state index contributed by atoms with van der Waals surface area (Å²) in [6.45, 7) is 5.38. The van der Waals surface area contributed by atoms with Gasteiger partial charge >= 0.3 is 0 Å². The molecule has 1 unspecified atom stereocenters. The van der Waals surface area contributed by atoms with E-state index < -0.39 is 17.7 Å². The minimum absolute atomic E-state index is 0.0330. The van der Waals surface area contributed by atoms with Gasteiger partial charge in [-0.1, -0.05) is 18.2 Å². The van der Waals surface area contributed by atoms with Crippen molar-refractivity contribution in [2.75, 3.05) is 31.1 Å². The Labute approximate surface area is 174 Å². The number of hydrogen-bond acceptors (Lipinski definition) is 3. The van der Waals surface area contributed by atoms with Crippen molar-refractivity contribution in [3.8, 4) is 5.75 Å². The maximum atomic E-state index is 14.0. The minimum atomic E-state index is -0.608. The molecule has 1 aliphatic rings. The molecule has 0 aromatic heterocycles. The number of amides is 1. The zero-order chi connectivity index (χ0) is 21.5. The van der Waals surface area contributed by atoms with Gasteiger partial charge in [0.1, 0.15) is 17.4 Å². The highest BCUT2D eigenvalue weighted by Crippen LogP contribution is 2.31. The van der Waals surface area contributed by atoms with Crippen molar-refractivity contribution in [1.29, 1.82) is 0 Å². The van der Waals surface area contributed by atoms with Gasteiger partial charge in [-0.25, -0.2) is 8.78 Å². The third-order valence-corrected chi connectivity index (χ3v) is 4.74. The Morgan fingerprint density at radius 2 is 2.07 bits per heavy atom. The van der Waals surface area contributed by atoms with E-state index in [0.717, 1.165) is 11.8 Å². The van der Waals surface area contributed by atoms with Gasteiger partial charge in [-0.15, -0.1) is 0 Å². The fourth-order valence-corrected chi connectivity index (χ4v) is 3.27. The highest BCUT2D eigenvalue weighted by Gasteiger charge is 2.24. The number of aliphatic imine (C=N–C) groups is 1. The number of anilines is 1. The highest BCUT2D eigenvalue weighted by molar-refractivity contribution is 5.97. The third-order valence-electron chi connectivity index (χ3n) is 4.74. The van der Waals surface area contributed by atoms with Crippen LogP contribution < -0.4 is 20.3 Å². The number of nitrogens with zero attached hydrogens (tertiary/aromatic N) is 2. The number of nitrogens with one attached hydrogen (secondary N) is 2. The summed E-state index contributed by atoms with van der Waals surface area (Å²) in [6, 6.07) is 10.6. The van der Waals surface area contributed by atoms with Crippen molar-refractivity contribution in [2.45, 2.75) is 26.3 Å². The van der Waals surface area contributed by atoms with Crippen molar-refractivity contribution in [2.24, 2.45) is 4.99 Å². The minimum Gasteiger partial charge on any atom is -0.482 e. The molecule has 2 aromatic rings. The van der Waals surface area contributed by atoms with Crippen molar-refractivity contribution in [3.05, 3.63) is 59.7 Å². The van der Waals surface area contributed by atoms with E-state index in [2.05, 4.69) is 15.6 Å². The SMILES string of the molecule is CCNC(=NCCCN1C(=O)COc2ccccc21)NC(C)c1ccc(F)cc1F. The predicted molar refractivity (Wildman–Crippen MR) is 113 cm³/mol. The van der Waals surface area contributed by atoms with E-state index >= 15 is 0 Å². The van der Waals surface area contributed by atoms with Crippen LogP contribution in [0.1, 0.15) is 31.9 Å². The largest absolute Gasteiger partial charge is 0.482 e. The van der Waals surface area contributed by atoms with Crippen LogP contribution >= 0.6 is 0 Å². The number of carbonyl (C=O) groups excluding carboxylic acids is 1. The fourth-order valence-electron chi connectivity index (χ4n) is 3.27. The molecule has 8 heteroatoms. The van der Waals surface area contributed by atoms with E-state index in [9.17, 15) is 13.6 Å². The molecule has 2 aromatic carbocycles. The van der Waals surface area contributed by atoms with Gasteiger partial charge < -0.3 is 20.3 Å². The Morgan fingerprint density at radius 1 is 1.27 bits per heavy atom. The van der Waals surface area contributed by atoms with Gasteiger partial charge in [0.15, 0.2) is 12.6 Å². The fraction of sp³-hybridized carbons (Fsp3) is 0.364. The van der Waals surface area contributed by atoms with Crippen molar-refractivity contribution < 1.29 is 18.3 Å². The van der Waals surface area contributed by atoms with Crippen LogP contribution in [0.3, 0.4) is 0 Å². The van der Waals surface area contributed by atoms with E-state index in [0.29, 0.717) is 43.3 Å². The van der Waals surface area contributed by atoms with E-state index in [-0.39, 0.29) is 12.5 Å². The Balaban J connectivity index is 1.59. The second-order valence-electron chi connectivity index (χ2n) is 6.95. The monoisotopic (exact) mass is 416 g/mol. The summed E-state index contributed by atoms with van der Waals surface area (Å²) in [5, 5.41) is 6.25. The van der Waals surface area contributed by atoms with Gasteiger partial charge in [-0.3, -0.25) is 9.79 Å². The molecule has 0 saturated carbocycles. The van der Waals surface area contributed by atoms with Crippen molar-refractivity contribution in [3.63, 3.8) is 0 Å². The van der Waals surface area contributed by atoms with Crippen LogP contribution in [-0.4, -0.2) is 38.1 Å². The lowest BCUT2D eigenvalue weighted by Crippen LogP contribution is -2.40. The Morgan fingerprint density at radius 3 is 2.83 bits per heavy atom. The summed E-state index contributed by atoms with van der Waals surface area (Å²) in [4.78, 5) is 18.5. The van der Waals surface area contributed by atoms with Gasteiger partial charge in [0.25, 0.3) is 5.91 Å². The lowest BCUT2D eigenvalue weighted by atomic mass is 10.1. The van der Waals surface area contributed by atoms with Crippen LogP contribution in [0.5, 0.6) is 5.75 Å². The lowest BCUT2D eigenvalue weighted by molar-refractivity contribution is -0.121. The summed E-state index contributed by atoms with van der Waals surface area (Å²) >= 11 is 0. The van der Waals surface area contributed by atoms with Crippen LogP contribution in [0.2, 0.25) is 0 Å². The molecule has 160 valence electrons. The summed E-state index contributed by atoms with van der Waals surface area (Å²) in [7, 11) is 0. The summed E-state index contributed by atoms with van der Waals surface area (Å²) in [5.74, 6) is -0.0603. The highest BCUT2D eigenvalue weighted by atomic mass is 19.1. The molecule has 1 atom stereocenters. The number of ether oxygens (including phenoxy) is 1. The van der Waals surface area contributed by atoms with E-state index in [1.807, 2.05) is 31.2 Å². The number of guanidine groups is 1. The number of halogens is 2. The first-order valence-electron chi connectivity index (χ1n) is 10.0. The van der Waals surface area contributed by atoms with Gasteiger partial charge in [-0.2, -0.15) is 0 Å². The molecule has 0 spiro atoms. The zero-order valence-corrected chi connectivity index (χ0v) is 17.1. The first-order chi connectivity index (χ1) is 14.5. The molecule has 6 nitrogen and oxygen atoms in total. The van der Waals surface area contributed by atoms with Crippen molar-refractivity contribution >= 4 is 17.6 Å². The van der Waals surface area contributed by atoms with Gasteiger partial charge in [-0.05, 0) is 38.5 Å². The van der Waals surface area contributed by atoms with Gasteiger partial charge in [0, 0.05) is 31.3 Å². The van der Waals surface area contributed by atoms with Crippen LogP contribution in [-0.2, 0) is 4.79 Å². The average Bonchev–Trinajstić information content (AvgIpc) is 2.72. The molecular weight excluding hydrogens is 390 g/mol. The number of para-hydroxylation sites is 2. The first kappa shape index (κ1) is 21.5. The number of benzene rings is 2. The van der Waals surface area contributed by atoms with Crippen LogP contribution in [0.4, 0.5) is 14.5 Å². The molecule has 0 radical (unpaired) electrons. The van der Waals surface area contributed by atoms with Crippen molar-refractivity contribution in [1.82, 2.24) is 10.6 Å². The maximum Gasteiger partial charge on any atom is 0.265 e. The van der Waals surface area contributed by atoms with Crippen LogP contribution in [0.25, 0.3) is 0 Å². The standard InChI is InChI=1S/C22H26F2N4O2/c1-3-25-22(27-15(2)17-10-9-16(23)13-18(17)24)26-11-6-12-28-19-7-4-5-8-20(19)30-14-21(28)29/h4-5,7-10,13,15H,3,6,11-12,14H2,1-2H3,(H2,25,26,27). The Kier molecular flexibility index (Phi) is 7.21. The number of fused-ring (bicyclic) bond motifs is 1. The summed E-state index contributed by atoms with van der Waals surface area (Å²) < 4.78 is 32.6. The Bertz CT molecular complexity index is 920. The van der Waals surface area contributed by atoms with E-state index in [1.165, 1.54) is 12.1 Å². The molecule has 0 aliphatic carbocycles. The predicted octanol–water partition coefficient (Wildman–Crippen LogP) is 3.40. The normalized spacial score (nSPS) is 14.7. The van der Waals surface area contributed by atoms with Crippen LogP contribution in [0.15, 0.2) is 47.5 Å². The van der Waals surface area contributed by atoms with Crippen LogP contribution in [0, 0.1) is 11.6 Å². The number of rotatable bonds is 7. The second kappa shape index (κ2) is 10.0. The van der Waals surface area contributed by atoms with Gasteiger partial charge in [0.05, 0.1) is 11.7 Å². The topological polar surface area (TPSA) is 66.0 Å². The molecule has 30 heavy (non-hydrogen) atoms.